The van der Waals surface area contributed by atoms with E-state index >= 15 is 0 Å². The lowest BCUT2D eigenvalue weighted by Gasteiger charge is -2.04. The number of aromatic nitrogens is 2. The van der Waals surface area contributed by atoms with Crippen molar-refractivity contribution in [1.82, 2.24) is 9.78 Å². The number of amides is 1. The molecule has 0 saturated carbocycles. The number of nitrogens with zero attached hydrogens (tertiary/aromatic N) is 2. The summed E-state index contributed by atoms with van der Waals surface area (Å²) in [7, 11) is 1.88. The predicted octanol–water partition coefficient (Wildman–Crippen LogP) is 3.72. The van der Waals surface area contributed by atoms with Crippen LogP contribution in [0.25, 0.3) is 6.08 Å². The normalized spacial score (nSPS) is 11.0. The number of aryl methyl sites for hydroxylation is 2. The third-order valence-electron chi connectivity index (χ3n) is 3.73. The first-order valence-electron chi connectivity index (χ1n) is 7.66. The molecule has 2 aromatic rings. The average Bonchev–Trinajstić information content (AvgIpc) is 2.84. The van der Waals surface area contributed by atoms with E-state index in [0.29, 0.717) is 0 Å². The first kappa shape index (κ1) is 16.0. The van der Waals surface area contributed by atoms with Crippen LogP contribution in [0.4, 0.5) is 5.69 Å². The van der Waals surface area contributed by atoms with Crippen molar-refractivity contribution in [3.8, 4) is 0 Å². The van der Waals surface area contributed by atoms with Crippen LogP contribution < -0.4 is 5.32 Å². The van der Waals surface area contributed by atoms with Gasteiger partial charge >= 0.3 is 0 Å². The van der Waals surface area contributed by atoms with E-state index in [4.69, 9.17) is 0 Å². The van der Waals surface area contributed by atoms with Gasteiger partial charge < -0.3 is 5.32 Å². The van der Waals surface area contributed by atoms with Gasteiger partial charge in [0.1, 0.15) is 0 Å². The van der Waals surface area contributed by atoms with Gasteiger partial charge in [-0.15, -0.1) is 0 Å². The summed E-state index contributed by atoms with van der Waals surface area (Å²) >= 11 is 0. The number of anilines is 1. The molecule has 2 rings (SSSR count). The molecule has 4 nitrogen and oxygen atoms in total. The molecule has 0 aliphatic heterocycles. The molecule has 1 N–H and O–H groups in total. The molecular weight excluding hydrogens is 274 g/mol. The Labute approximate surface area is 131 Å². The molecule has 1 amide bonds. The van der Waals surface area contributed by atoms with Crippen molar-refractivity contribution in [2.75, 3.05) is 5.32 Å². The van der Waals surface area contributed by atoms with Crippen molar-refractivity contribution in [3.05, 3.63) is 53.4 Å². The minimum absolute atomic E-state index is 0.135. The van der Waals surface area contributed by atoms with Gasteiger partial charge in [0.25, 0.3) is 0 Å². The maximum Gasteiger partial charge on any atom is 0.248 e. The van der Waals surface area contributed by atoms with Gasteiger partial charge in [-0.3, -0.25) is 9.48 Å². The van der Waals surface area contributed by atoms with Crippen LogP contribution in [-0.4, -0.2) is 15.7 Å². The van der Waals surface area contributed by atoms with Gasteiger partial charge in [0, 0.05) is 30.1 Å². The molecule has 0 aliphatic carbocycles. The standard InChI is InChI=1S/C18H23N3O/c1-4-5-6-15-7-10-17(11-8-15)20-18(22)12-9-16-13-19-21(3)14(16)2/h7-13H,4-6H2,1-3H3,(H,20,22). The first-order chi connectivity index (χ1) is 10.6. The molecule has 0 aliphatic rings. The van der Waals surface area contributed by atoms with Gasteiger partial charge in [0.2, 0.25) is 5.91 Å². The minimum atomic E-state index is -0.135. The van der Waals surface area contributed by atoms with Crippen molar-refractivity contribution in [2.24, 2.45) is 7.05 Å². The Morgan fingerprint density at radius 2 is 2.05 bits per heavy atom. The largest absolute Gasteiger partial charge is 0.323 e. The molecule has 1 aromatic heterocycles. The number of benzene rings is 1. The van der Waals surface area contributed by atoms with Crippen molar-refractivity contribution >= 4 is 17.7 Å². The molecule has 0 bridgehead atoms. The van der Waals surface area contributed by atoms with E-state index in [9.17, 15) is 4.79 Å². The van der Waals surface area contributed by atoms with Crippen LogP contribution in [-0.2, 0) is 18.3 Å². The molecule has 0 fully saturated rings. The molecule has 0 saturated heterocycles. The zero-order valence-corrected chi connectivity index (χ0v) is 13.5. The van der Waals surface area contributed by atoms with E-state index < -0.39 is 0 Å². The number of nitrogens with one attached hydrogen (secondary N) is 1. The highest BCUT2D eigenvalue weighted by Crippen LogP contribution is 2.12. The Hall–Kier alpha value is -2.36. The second-order valence-electron chi connectivity index (χ2n) is 5.43. The van der Waals surface area contributed by atoms with E-state index in [-0.39, 0.29) is 5.91 Å². The van der Waals surface area contributed by atoms with Gasteiger partial charge in [0.05, 0.1) is 6.20 Å². The lowest BCUT2D eigenvalue weighted by Crippen LogP contribution is -2.07. The van der Waals surface area contributed by atoms with Gasteiger partial charge in [-0.25, -0.2) is 0 Å². The maximum absolute atomic E-state index is 11.9. The maximum atomic E-state index is 11.9. The summed E-state index contributed by atoms with van der Waals surface area (Å²) in [6.07, 6.45) is 8.55. The van der Waals surface area contributed by atoms with Crippen molar-refractivity contribution < 1.29 is 4.79 Å². The minimum Gasteiger partial charge on any atom is -0.323 e. The predicted molar refractivity (Wildman–Crippen MR) is 90.7 cm³/mol. The van der Waals surface area contributed by atoms with Gasteiger partial charge in [-0.2, -0.15) is 5.10 Å². The SMILES string of the molecule is CCCCc1ccc(NC(=O)C=Cc2cnn(C)c2C)cc1. The molecule has 0 spiro atoms. The highest BCUT2D eigenvalue weighted by molar-refractivity contribution is 6.01. The molecular formula is C18H23N3O. The van der Waals surface area contributed by atoms with E-state index in [1.807, 2.05) is 26.1 Å². The highest BCUT2D eigenvalue weighted by Gasteiger charge is 2.02. The molecule has 0 atom stereocenters. The molecule has 0 radical (unpaired) electrons. The zero-order valence-electron chi connectivity index (χ0n) is 13.5. The summed E-state index contributed by atoms with van der Waals surface area (Å²) in [5.41, 5.74) is 4.11. The van der Waals surface area contributed by atoms with Crippen molar-refractivity contribution in [2.45, 2.75) is 33.1 Å². The van der Waals surface area contributed by atoms with Crippen LogP contribution in [0.1, 0.15) is 36.6 Å². The summed E-state index contributed by atoms with van der Waals surface area (Å²) in [5, 5.41) is 7.01. The van der Waals surface area contributed by atoms with E-state index in [1.54, 1.807) is 17.0 Å². The fourth-order valence-electron chi connectivity index (χ4n) is 2.16. The number of rotatable bonds is 6. The molecule has 4 heteroatoms. The number of carbonyl (C=O) groups is 1. The molecule has 22 heavy (non-hydrogen) atoms. The average molecular weight is 297 g/mol. The van der Waals surface area contributed by atoms with Crippen LogP contribution in [0.3, 0.4) is 0 Å². The van der Waals surface area contributed by atoms with E-state index in [0.717, 1.165) is 23.4 Å². The Morgan fingerprint density at radius 3 is 2.64 bits per heavy atom. The van der Waals surface area contributed by atoms with Crippen LogP contribution in [0.2, 0.25) is 0 Å². The van der Waals surface area contributed by atoms with Crippen LogP contribution >= 0.6 is 0 Å². The number of hydrogen-bond donors (Lipinski definition) is 1. The molecule has 1 heterocycles. The Kier molecular flexibility index (Phi) is 5.53. The summed E-state index contributed by atoms with van der Waals surface area (Å²) in [4.78, 5) is 11.9. The second kappa shape index (κ2) is 7.59. The molecule has 116 valence electrons. The Bertz CT molecular complexity index is 653. The smallest absolute Gasteiger partial charge is 0.248 e. The first-order valence-corrected chi connectivity index (χ1v) is 7.66. The quantitative estimate of drug-likeness (QED) is 0.826. The van der Waals surface area contributed by atoms with Gasteiger partial charge in [-0.05, 0) is 43.5 Å². The summed E-state index contributed by atoms with van der Waals surface area (Å²) in [5.74, 6) is -0.135. The van der Waals surface area contributed by atoms with E-state index in [2.05, 4.69) is 29.5 Å². The van der Waals surface area contributed by atoms with Gasteiger partial charge in [-0.1, -0.05) is 25.5 Å². The van der Waals surface area contributed by atoms with Gasteiger partial charge in [0.15, 0.2) is 0 Å². The Morgan fingerprint density at radius 1 is 1.32 bits per heavy atom. The zero-order chi connectivity index (χ0) is 15.9. The summed E-state index contributed by atoms with van der Waals surface area (Å²) < 4.78 is 1.78. The number of carbonyl (C=O) groups excluding carboxylic acids is 1. The van der Waals surface area contributed by atoms with E-state index in [1.165, 1.54) is 24.5 Å². The third-order valence-corrected chi connectivity index (χ3v) is 3.73. The monoisotopic (exact) mass is 297 g/mol. The Balaban J connectivity index is 1.93. The highest BCUT2D eigenvalue weighted by atomic mass is 16.1. The summed E-state index contributed by atoms with van der Waals surface area (Å²) in [6.45, 7) is 4.16. The summed E-state index contributed by atoms with van der Waals surface area (Å²) in [6, 6.07) is 8.04. The van der Waals surface area contributed by atoms with Crippen molar-refractivity contribution in [1.29, 1.82) is 0 Å². The lowest BCUT2D eigenvalue weighted by molar-refractivity contribution is -0.111. The number of hydrogen-bond acceptors (Lipinski definition) is 2. The topological polar surface area (TPSA) is 46.9 Å². The second-order valence-corrected chi connectivity index (χ2v) is 5.43. The molecule has 0 unspecified atom stereocenters. The lowest BCUT2D eigenvalue weighted by atomic mass is 10.1. The fraction of sp³-hybridized carbons (Fsp3) is 0.333. The molecule has 1 aromatic carbocycles. The van der Waals surface area contributed by atoms with Crippen molar-refractivity contribution in [3.63, 3.8) is 0 Å². The van der Waals surface area contributed by atoms with Crippen LogP contribution in [0.15, 0.2) is 36.5 Å². The van der Waals surface area contributed by atoms with Crippen LogP contribution in [0, 0.1) is 6.92 Å². The third kappa shape index (κ3) is 4.32. The van der Waals surface area contributed by atoms with Crippen LogP contribution in [0.5, 0.6) is 0 Å². The fourth-order valence-corrected chi connectivity index (χ4v) is 2.16. The number of unbranched alkanes of at least 4 members (excludes halogenated alkanes) is 1.